The number of nitrogens with zero attached hydrogens (tertiary/aromatic N) is 3. The molecule has 3 rings (SSSR count). The van der Waals surface area contributed by atoms with E-state index in [-0.39, 0.29) is 22.9 Å². The molecule has 0 saturated carbocycles. The van der Waals surface area contributed by atoms with E-state index in [1.807, 2.05) is 4.90 Å². The maximum Gasteiger partial charge on any atom is 0.315 e. The largest absolute Gasteiger partial charge is 0.490 e. The van der Waals surface area contributed by atoms with Crippen LogP contribution in [-0.4, -0.2) is 33.4 Å². The van der Waals surface area contributed by atoms with Crippen molar-refractivity contribution in [3.05, 3.63) is 55.5 Å². The molecule has 2 heterocycles. The number of fused-ring (bicyclic) bond motifs is 1. The molecule has 0 unspecified atom stereocenters. The third-order valence-corrected chi connectivity index (χ3v) is 4.05. The van der Waals surface area contributed by atoms with Crippen LogP contribution in [0.4, 0.5) is 11.6 Å². The number of nitrogens with one attached hydrogen (secondary N) is 1. The number of aromatic amines is 1. The van der Waals surface area contributed by atoms with E-state index in [1.54, 1.807) is 18.2 Å². The summed E-state index contributed by atoms with van der Waals surface area (Å²) < 4.78 is 5.09. The summed E-state index contributed by atoms with van der Waals surface area (Å²) >= 11 is 0. The molecule has 1 aliphatic heterocycles. The maximum absolute atomic E-state index is 12.0. The van der Waals surface area contributed by atoms with Crippen LogP contribution in [0, 0.1) is 10.1 Å². The fraction of sp³-hybridized carbons (Fsp3) is 0.333. The first kappa shape index (κ1) is 15.9. The van der Waals surface area contributed by atoms with Crippen LogP contribution in [0.1, 0.15) is 16.8 Å². The average molecular weight is 331 g/mol. The zero-order chi connectivity index (χ0) is 17.3. The summed E-state index contributed by atoms with van der Waals surface area (Å²) in [4.78, 5) is 31.6. The quantitative estimate of drug-likeness (QED) is 0.627. The first-order valence-electron chi connectivity index (χ1n) is 7.39. The van der Waals surface area contributed by atoms with Gasteiger partial charge in [0.2, 0.25) is 5.95 Å². The van der Waals surface area contributed by atoms with Gasteiger partial charge in [-0.1, -0.05) is 12.1 Å². The van der Waals surface area contributed by atoms with Crippen LogP contribution in [0.15, 0.2) is 23.0 Å². The lowest BCUT2D eigenvalue weighted by molar-refractivity contribution is -0.386. The average Bonchev–Trinajstić information content (AvgIpc) is 2.54. The van der Waals surface area contributed by atoms with Gasteiger partial charge in [0.1, 0.15) is 0 Å². The van der Waals surface area contributed by atoms with Crippen LogP contribution < -0.4 is 16.0 Å². The van der Waals surface area contributed by atoms with Gasteiger partial charge in [0.25, 0.3) is 5.56 Å². The summed E-state index contributed by atoms with van der Waals surface area (Å²) in [5.74, 6) is 0.331. The van der Waals surface area contributed by atoms with Crippen molar-refractivity contribution < 1.29 is 9.66 Å². The topological polar surface area (TPSA) is 127 Å². The Labute approximate surface area is 137 Å². The number of ether oxygens (including phenoxy) is 1. The Balaban J connectivity index is 1.88. The standard InChI is InChI=1S/C15H17N5O4/c1-24-12-4-2-3-9(13(12)20(22)23)7-19-6-5-11-10(8-19)14(21)18-15(16)17-11/h2-4H,5-8H2,1H3,(H3,16,17,18,21). The molecule has 9 heteroatoms. The summed E-state index contributed by atoms with van der Waals surface area (Å²) in [6.45, 7) is 1.35. The number of benzene rings is 1. The number of nitro benzene ring substituents is 1. The molecule has 9 nitrogen and oxygen atoms in total. The van der Waals surface area contributed by atoms with Gasteiger partial charge in [-0.05, 0) is 6.07 Å². The van der Waals surface area contributed by atoms with Crippen LogP contribution in [0.2, 0.25) is 0 Å². The summed E-state index contributed by atoms with van der Waals surface area (Å²) in [5.41, 5.74) is 7.04. The summed E-state index contributed by atoms with van der Waals surface area (Å²) in [6.07, 6.45) is 0.571. The van der Waals surface area contributed by atoms with E-state index < -0.39 is 4.92 Å². The van der Waals surface area contributed by atoms with Gasteiger partial charge in [0.15, 0.2) is 5.75 Å². The Hall–Kier alpha value is -2.94. The molecule has 3 N–H and O–H groups in total. The Kier molecular flexibility index (Phi) is 4.17. The van der Waals surface area contributed by atoms with Crippen molar-refractivity contribution in [3.63, 3.8) is 0 Å². The molecular formula is C15H17N5O4. The van der Waals surface area contributed by atoms with Crippen molar-refractivity contribution in [1.82, 2.24) is 14.9 Å². The molecule has 0 atom stereocenters. The number of hydrogen-bond donors (Lipinski definition) is 2. The van der Waals surface area contributed by atoms with Crippen molar-refractivity contribution in [1.29, 1.82) is 0 Å². The first-order chi connectivity index (χ1) is 11.5. The summed E-state index contributed by atoms with van der Waals surface area (Å²) in [5, 5.41) is 11.4. The highest BCUT2D eigenvalue weighted by molar-refractivity contribution is 5.52. The zero-order valence-corrected chi connectivity index (χ0v) is 13.1. The summed E-state index contributed by atoms with van der Waals surface area (Å²) in [7, 11) is 1.40. The van der Waals surface area contributed by atoms with Crippen molar-refractivity contribution in [2.45, 2.75) is 19.5 Å². The second kappa shape index (κ2) is 6.28. The Morgan fingerprint density at radius 1 is 1.50 bits per heavy atom. The lowest BCUT2D eigenvalue weighted by Gasteiger charge is -2.27. The molecule has 0 spiro atoms. The number of nitro groups is 1. The number of methoxy groups -OCH3 is 1. The van der Waals surface area contributed by atoms with Gasteiger partial charge in [0.05, 0.1) is 23.3 Å². The molecule has 1 aliphatic rings. The molecule has 0 bridgehead atoms. The van der Waals surface area contributed by atoms with Gasteiger partial charge in [-0.3, -0.25) is 24.8 Å². The highest BCUT2D eigenvalue weighted by Gasteiger charge is 2.25. The maximum atomic E-state index is 12.0. The van der Waals surface area contributed by atoms with E-state index in [2.05, 4.69) is 9.97 Å². The molecule has 0 amide bonds. The lowest BCUT2D eigenvalue weighted by atomic mass is 10.1. The van der Waals surface area contributed by atoms with Crippen molar-refractivity contribution >= 4 is 11.6 Å². The van der Waals surface area contributed by atoms with E-state index in [1.165, 1.54) is 7.11 Å². The number of nitrogen functional groups attached to an aromatic ring is 1. The second-order valence-corrected chi connectivity index (χ2v) is 5.56. The first-order valence-corrected chi connectivity index (χ1v) is 7.39. The zero-order valence-electron chi connectivity index (χ0n) is 13.1. The third-order valence-electron chi connectivity index (χ3n) is 4.05. The van der Waals surface area contributed by atoms with Crippen LogP contribution in [0.25, 0.3) is 0 Å². The number of aromatic nitrogens is 2. The van der Waals surface area contributed by atoms with E-state index in [4.69, 9.17) is 10.5 Å². The van der Waals surface area contributed by atoms with Crippen LogP contribution in [0.3, 0.4) is 0 Å². The van der Waals surface area contributed by atoms with E-state index in [0.717, 1.165) is 0 Å². The molecule has 0 radical (unpaired) electrons. The van der Waals surface area contributed by atoms with E-state index >= 15 is 0 Å². The highest BCUT2D eigenvalue weighted by atomic mass is 16.6. The van der Waals surface area contributed by atoms with Crippen LogP contribution in [0.5, 0.6) is 5.75 Å². The van der Waals surface area contributed by atoms with E-state index in [9.17, 15) is 14.9 Å². The lowest BCUT2D eigenvalue weighted by Crippen LogP contribution is -2.35. The summed E-state index contributed by atoms with van der Waals surface area (Å²) in [6, 6.07) is 4.97. The fourth-order valence-corrected chi connectivity index (χ4v) is 2.94. The smallest absolute Gasteiger partial charge is 0.315 e. The molecule has 0 saturated heterocycles. The second-order valence-electron chi connectivity index (χ2n) is 5.56. The normalized spacial score (nSPS) is 14.2. The fourth-order valence-electron chi connectivity index (χ4n) is 2.94. The number of rotatable bonds is 4. The van der Waals surface area contributed by atoms with Gasteiger partial charge in [-0.25, -0.2) is 4.98 Å². The van der Waals surface area contributed by atoms with Gasteiger partial charge < -0.3 is 10.5 Å². The molecule has 2 aromatic rings. The predicted octanol–water partition coefficient (Wildman–Crippen LogP) is 0.827. The Bertz CT molecular complexity index is 848. The SMILES string of the molecule is COc1cccc(CN2CCc3nc(N)[nH]c(=O)c3C2)c1[N+](=O)[O-]. The minimum atomic E-state index is -0.443. The van der Waals surface area contributed by atoms with E-state index in [0.29, 0.717) is 42.9 Å². The number of hydrogen-bond acceptors (Lipinski definition) is 7. The predicted molar refractivity (Wildman–Crippen MR) is 86.7 cm³/mol. The van der Waals surface area contributed by atoms with Crippen molar-refractivity contribution in [2.24, 2.45) is 0 Å². The Morgan fingerprint density at radius 3 is 3.00 bits per heavy atom. The molecule has 1 aromatic heterocycles. The number of nitrogens with two attached hydrogens (primary N) is 1. The number of H-pyrrole nitrogens is 1. The monoisotopic (exact) mass is 331 g/mol. The van der Waals surface area contributed by atoms with Crippen molar-refractivity contribution in [3.8, 4) is 5.75 Å². The van der Waals surface area contributed by atoms with Crippen LogP contribution >= 0.6 is 0 Å². The van der Waals surface area contributed by atoms with Crippen molar-refractivity contribution in [2.75, 3.05) is 19.4 Å². The van der Waals surface area contributed by atoms with Gasteiger partial charge in [-0.2, -0.15) is 0 Å². The third kappa shape index (κ3) is 2.93. The van der Waals surface area contributed by atoms with Gasteiger partial charge in [0, 0.05) is 31.6 Å². The molecule has 24 heavy (non-hydrogen) atoms. The molecule has 126 valence electrons. The van der Waals surface area contributed by atoms with Crippen LogP contribution in [-0.2, 0) is 19.5 Å². The molecule has 1 aromatic carbocycles. The van der Waals surface area contributed by atoms with Gasteiger partial charge in [-0.15, -0.1) is 0 Å². The Morgan fingerprint density at radius 2 is 2.29 bits per heavy atom. The highest BCUT2D eigenvalue weighted by Crippen LogP contribution is 2.32. The molecular weight excluding hydrogens is 314 g/mol. The minimum Gasteiger partial charge on any atom is -0.490 e. The minimum absolute atomic E-state index is 0.0462. The van der Waals surface area contributed by atoms with Gasteiger partial charge >= 0.3 is 5.69 Å². The molecule has 0 fully saturated rings. The molecule has 0 aliphatic carbocycles. The number of anilines is 1. The number of para-hydroxylation sites is 1.